The lowest BCUT2D eigenvalue weighted by atomic mass is 9.85. The van der Waals surface area contributed by atoms with Crippen molar-refractivity contribution in [2.75, 3.05) is 26.8 Å². The van der Waals surface area contributed by atoms with E-state index in [1.165, 1.54) is 34.0 Å². The minimum atomic E-state index is 0.0581. The highest BCUT2D eigenvalue weighted by atomic mass is 79.9. The Labute approximate surface area is 198 Å². The fraction of sp³-hybridized carbons (Fsp3) is 0.500. The first-order valence-electron chi connectivity index (χ1n) is 11.7. The van der Waals surface area contributed by atoms with Crippen LogP contribution in [0.1, 0.15) is 62.1 Å². The van der Waals surface area contributed by atoms with Crippen molar-refractivity contribution in [3.8, 4) is 5.75 Å². The zero-order chi connectivity index (χ0) is 22.2. The van der Waals surface area contributed by atoms with E-state index < -0.39 is 0 Å². The van der Waals surface area contributed by atoms with Crippen LogP contribution in [0.2, 0.25) is 0 Å². The quantitative estimate of drug-likeness (QED) is 0.426. The van der Waals surface area contributed by atoms with Gasteiger partial charge in [0.05, 0.1) is 24.9 Å². The Kier molecular flexibility index (Phi) is 6.28. The summed E-state index contributed by atoms with van der Waals surface area (Å²) < 4.78 is 15.0. The molecule has 3 aromatic rings. The monoisotopic (exact) mass is 497 g/mol. The molecular formula is C26H32BrN3O2. The van der Waals surface area contributed by atoms with E-state index in [1.807, 2.05) is 0 Å². The molecular weight excluding hydrogens is 466 g/mol. The van der Waals surface area contributed by atoms with Gasteiger partial charge in [0, 0.05) is 35.1 Å². The summed E-state index contributed by atoms with van der Waals surface area (Å²) in [5, 5.41) is 6.05. The minimum Gasteiger partial charge on any atom is -0.496 e. The molecule has 170 valence electrons. The maximum absolute atomic E-state index is 6.04. The van der Waals surface area contributed by atoms with Crippen LogP contribution >= 0.6 is 15.9 Å². The molecule has 2 aromatic carbocycles. The van der Waals surface area contributed by atoms with E-state index in [0.717, 1.165) is 49.2 Å². The van der Waals surface area contributed by atoms with Crippen LogP contribution in [-0.2, 0) is 11.2 Å². The number of methoxy groups -OCH3 is 1. The molecule has 5 nitrogen and oxygen atoms in total. The van der Waals surface area contributed by atoms with Crippen molar-refractivity contribution in [1.82, 2.24) is 14.7 Å². The molecule has 2 aliphatic heterocycles. The molecule has 0 spiro atoms. The Morgan fingerprint density at radius 1 is 1.19 bits per heavy atom. The normalized spacial score (nSPS) is 21.8. The Morgan fingerprint density at radius 2 is 2.03 bits per heavy atom. The molecule has 6 heteroatoms. The van der Waals surface area contributed by atoms with Crippen LogP contribution in [-0.4, -0.2) is 41.5 Å². The second-order valence-corrected chi connectivity index (χ2v) is 10.3. The molecule has 2 unspecified atom stereocenters. The molecule has 0 N–H and O–H groups in total. The molecule has 1 aromatic heterocycles. The second kappa shape index (κ2) is 9.16. The van der Waals surface area contributed by atoms with Gasteiger partial charge >= 0.3 is 0 Å². The predicted molar refractivity (Wildman–Crippen MR) is 131 cm³/mol. The van der Waals surface area contributed by atoms with Crippen molar-refractivity contribution in [2.24, 2.45) is 5.92 Å². The topological polar surface area (TPSA) is 39.5 Å². The summed E-state index contributed by atoms with van der Waals surface area (Å²) in [5.41, 5.74) is 5.20. The number of benzene rings is 2. The molecule has 0 bridgehead atoms. The zero-order valence-electron chi connectivity index (χ0n) is 19.2. The molecule has 2 aliphatic rings. The summed E-state index contributed by atoms with van der Waals surface area (Å²) in [6, 6.07) is 11.1. The van der Waals surface area contributed by atoms with Gasteiger partial charge in [-0.3, -0.25) is 4.90 Å². The summed E-state index contributed by atoms with van der Waals surface area (Å²) in [4.78, 5) is 2.61. The first-order chi connectivity index (χ1) is 15.6. The van der Waals surface area contributed by atoms with E-state index in [9.17, 15) is 0 Å². The van der Waals surface area contributed by atoms with Gasteiger partial charge < -0.3 is 9.47 Å². The predicted octanol–water partition coefficient (Wildman–Crippen LogP) is 6.11. The van der Waals surface area contributed by atoms with Crippen molar-refractivity contribution in [1.29, 1.82) is 0 Å². The van der Waals surface area contributed by atoms with Crippen LogP contribution in [0.4, 0.5) is 0 Å². The van der Waals surface area contributed by atoms with Gasteiger partial charge in [0.2, 0.25) is 0 Å². The average Bonchev–Trinajstić information content (AvgIpc) is 3.24. The lowest BCUT2D eigenvalue weighted by Crippen LogP contribution is -2.38. The van der Waals surface area contributed by atoms with E-state index in [0.29, 0.717) is 5.92 Å². The lowest BCUT2D eigenvalue weighted by molar-refractivity contribution is -0.0366. The number of ether oxygens (including phenoxy) is 2. The van der Waals surface area contributed by atoms with Crippen LogP contribution < -0.4 is 4.74 Å². The number of rotatable bonds is 5. The summed E-state index contributed by atoms with van der Waals surface area (Å²) in [7, 11) is 1.76. The van der Waals surface area contributed by atoms with Gasteiger partial charge in [-0.2, -0.15) is 5.10 Å². The summed E-state index contributed by atoms with van der Waals surface area (Å²) in [6.45, 7) is 7.49. The van der Waals surface area contributed by atoms with Crippen LogP contribution in [0.3, 0.4) is 0 Å². The minimum absolute atomic E-state index is 0.0581. The Hall–Kier alpha value is -1.89. The van der Waals surface area contributed by atoms with Crippen molar-refractivity contribution in [3.63, 3.8) is 0 Å². The van der Waals surface area contributed by atoms with Crippen molar-refractivity contribution >= 4 is 26.8 Å². The average molecular weight is 498 g/mol. The van der Waals surface area contributed by atoms with Crippen molar-refractivity contribution < 1.29 is 9.47 Å². The smallest absolute Gasteiger partial charge is 0.150 e. The van der Waals surface area contributed by atoms with Gasteiger partial charge in [-0.1, -0.05) is 41.9 Å². The largest absolute Gasteiger partial charge is 0.496 e. The second-order valence-electron chi connectivity index (χ2n) is 9.40. The highest BCUT2D eigenvalue weighted by Gasteiger charge is 2.33. The van der Waals surface area contributed by atoms with E-state index >= 15 is 0 Å². The van der Waals surface area contributed by atoms with E-state index in [1.54, 1.807) is 7.11 Å². The third-order valence-electron chi connectivity index (χ3n) is 6.76. The summed E-state index contributed by atoms with van der Waals surface area (Å²) >= 11 is 3.60. The highest BCUT2D eigenvalue weighted by molar-refractivity contribution is 9.10. The molecule has 0 aliphatic carbocycles. The highest BCUT2D eigenvalue weighted by Crippen LogP contribution is 2.43. The lowest BCUT2D eigenvalue weighted by Gasteiger charge is -2.39. The maximum Gasteiger partial charge on any atom is 0.150 e. The number of hydrogen-bond acceptors (Lipinski definition) is 4. The molecule has 0 radical (unpaired) electrons. The fourth-order valence-electron chi connectivity index (χ4n) is 5.40. The Balaban J connectivity index is 1.62. The van der Waals surface area contributed by atoms with Crippen molar-refractivity contribution in [3.05, 3.63) is 57.7 Å². The summed E-state index contributed by atoms with van der Waals surface area (Å²) in [5.74, 6) is 1.52. The molecule has 1 fully saturated rings. The van der Waals surface area contributed by atoms with Crippen LogP contribution in [0, 0.1) is 5.92 Å². The van der Waals surface area contributed by atoms with Crippen LogP contribution in [0.15, 0.2) is 41.0 Å². The summed E-state index contributed by atoms with van der Waals surface area (Å²) in [6.07, 6.45) is 6.53. The van der Waals surface area contributed by atoms with E-state index in [2.05, 4.69) is 75.9 Å². The van der Waals surface area contributed by atoms with Gasteiger partial charge in [0.15, 0.2) is 6.23 Å². The maximum atomic E-state index is 6.04. The van der Waals surface area contributed by atoms with Crippen LogP contribution in [0.5, 0.6) is 5.75 Å². The molecule has 0 amide bonds. The molecule has 1 saturated heterocycles. The van der Waals surface area contributed by atoms with Gasteiger partial charge in [-0.25, -0.2) is 4.68 Å². The number of hydrogen-bond donors (Lipinski definition) is 0. The fourth-order valence-corrected chi connectivity index (χ4v) is 5.74. The number of aromatic nitrogens is 2. The standard InChI is InChI=1S/C26H32BrN3O2/c1-17(2)16-29-12-11-19-20(26(29)21-8-7-18(27)14-24(21)31-3)9-10-23-22(19)15-28-30(23)25-6-4-5-13-32-25/h7-10,14-15,17,25-26H,4-6,11-13,16H2,1-3H3. The van der Waals surface area contributed by atoms with Crippen LogP contribution in [0.25, 0.3) is 10.9 Å². The Morgan fingerprint density at radius 3 is 2.78 bits per heavy atom. The zero-order valence-corrected chi connectivity index (χ0v) is 20.8. The number of fused-ring (bicyclic) bond motifs is 3. The van der Waals surface area contributed by atoms with Gasteiger partial charge in [0.1, 0.15) is 5.75 Å². The molecule has 5 rings (SSSR count). The van der Waals surface area contributed by atoms with Gasteiger partial charge in [-0.15, -0.1) is 0 Å². The molecule has 2 atom stereocenters. The van der Waals surface area contributed by atoms with E-state index in [-0.39, 0.29) is 12.3 Å². The van der Waals surface area contributed by atoms with Crippen molar-refractivity contribution in [2.45, 2.75) is 51.8 Å². The third kappa shape index (κ3) is 3.97. The Bertz CT molecular complexity index is 1100. The molecule has 32 heavy (non-hydrogen) atoms. The number of halogens is 1. The first kappa shape index (κ1) is 21.9. The third-order valence-corrected chi connectivity index (χ3v) is 7.25. The van der Waals surface area contributed by atoms with E-state index in [4.69, 9.17) is 14.6 Å². The first-order valence-corrected chi connectivity index (χ1v) is 12.5. The number of nitrogens with zero attached hydrogens (tertiary/aromatic N) is 3. The SMILES string of the molecule is COc1cc(Br)ccc1C1c2ccc3c(cnn3C3CCCCO3)c2CCN1CC(C)C. The molecule has 0 saturated carbocycles. The van der Waals surface area contributed by atoms with Gasteiger partial charge in [-0.05, 0) is 60.9 Å². The molecule has 3 heterocycles. The van der Waals surface area contributed by atoms with Gasteiger partial charge in [0.25, 0.3) is 0 Å².